The Kier molecular flexibility index (Phi) is 26.6. The standard InChI is InChI=1S/C67H87N5O17S2/c1-66(2)53-22-6-8-24-56(53)71(40-11-13-42-90(83,84)85)58(66)36-30-47-18-15-19-48(31-37-59-67(3,4)54-23-7-9-25-57(54)72(59)41-12-14-43-91(86,87)88)62(47)89-52-33-28-46(29-34-52)44-49(63(78)79)45-51(74)21-16-38-68-60(75)26-10-5-20-50(73)32-35-55(64(80)81)70-65(82)69-39-17-27-61(76)77/h6-9,22-25,28-31,33-34,36-37,49,55H,5,10-21,26-27,32,35,38-45H2,1-4H3,(H7-,68,69,70,75,76,77,78,79,80,81,82,83,84,85,86,87,88)/p+1/t49-,55+/m1/s1. The van der Waals surface area contributed by atoms with Crippen molar-refractivity contribution < 1.29 is 84.1 Å². The van der Waals surface area contributed by atoms with Crippen LogP contribution in [0.4, 0.5) is 16.2 Å². The second-order valence-corrected chi connectivity index (χ2v) is 27.6. The number of urea groups is 1. The number of hydrogen-bond acceptors (Lipinski definition) is 13. The van der Waals surface area contributed by atoms with E-state index in [1.54, 1.807) is 24.3 Å². The number of anilines is 1. The molecule has 6 rings (SSSR count). The van der Waals surface area contributed by atoms with E-state index in [0.29, 0.717) is 68.7 Å². The maximum absolute atomic E-state index is 13.2. The van der Waals surface area contributed by atoms with Gasteiger partial charge in [0, 0.05) is 99.1 Å². The molecule has 24 heteroatoms. The first-order valence-electron chi connectivity index (χ1n) is 31.2. The maximum atomic E-state index is 13.2. The maximum Gasteiger partial charge on any atom is 0.326 e. The number of Topliss-reactive ketones (excluding diaryl/α,β-unsaturated/α-hetero) is 2. The van der Waals surface area contributed by atoms with Gasteiger partial charge in [-0.2, -0.15) is 21.4 Å². The highest BCUT2D eigenvalue weighted by molar-refractivity contribution is 7.86. The first-order valence-corrected chi connectivity index (χ1v) is 34.4. The number of carboxylic acid groups (broad SMARTS) is 3. The van der Waals surface area contributed by atoms with Gasteiger partial charge in [0.15, 0.2) is 5.71 Å². The minimum absolute atomic E-state index is 0.0343. The van der Waals surface area contributed by atoms with Crippen molar-refractivity contribution in [2.75, 3.05) is 42.6 Å². The molecule has 3 amide bonds. The van der Waals surface area contributed by atoms with Crippen LogP contribution in [0.1, 0.15) is 160 Å². The molecule has 3 aromatic carbocycles. The molecule has 0 saturated heterocycles. The number of nitrogens with one attached hydrogen (secondary N) is 3. The van der Waals surface area contributed by atoms with Crippen LogP contribution in [0.25, 0.3) is 0 Å². The molecule has 0 unspecified atom stereocenters. The topological polar surface area (TPSA) is 340 Å². The number of ether oxygens (including phenoxy) is 1. The first-order chi connectivity index (χ1) is 43.0. The molecule has 0 saturated carbocycles. The molecule has 0 spiro atoms. The van der Waals surface area contributed by atoms with E-state index in [1.807, 2.05) is 24.3 Å². The molecular formula is C67H88N5O17S2+. The zero-order valence-electron chi connectivity index (χ0n) is 52.4. The number of nitrogens with zero attached hydrogens (tertiary/aromatic N) is 2. The van der Waals surface area contributed by atoms with Gasteiger partial charge in [0.05, 0.1) is 22.8 Å². The Hall–Kier alpha value is -7.80. The molecule has 1 aliphatic carbocycles. The lowest BCUT2D eigenvalue weighted by molar-refractivity contribution is -0.438. The lowest BCUT2D eigenvalue weighted by Crippen LogP contribution is -2.46. The van der Waals surface area contributed by atoms with E-state index in [0.717, 1.165) is 51.5 Å². The number of hydrogen-bond donors (Lipinski definition) is 8. The van der Waals surface area contributed by atoms with Gasteiger partial charge in [0.1, 0.15) is 35.7 Å². The number of carbonyl (C=O) groups is 7. The number of unbranched alkanes of at least 4 members (excludes halogenated alkanes) is 3. The fraction of sp³-hybridized carbons (Fsp3) is 0.493. The van der Waals surface area contributed by atoms with Crippen molar-refractivity contribution in [3.8, 4) is 5.75 Å². The monoisotopic (exact) mass is 1300 g/mol. The van der Waals surface area contributed by atoms with E-state index in [9.17, 15) is 69.7 Å². The third kappa shape index (κ3) is 22.2. The highest BCUT2D eigenvalue weighted by Gasteiger charge is 2.44. The van der Waals surface area contributed by atoms with E-state index in [1.165, 1.54) is 0 Å². The molecule has 2 heterocycles. The predicted molar refractivity (Wildman–Crippen MR) is 345 cm³/mol. The van der Waals surface area contributed by atoms with Crippen LogP contribution in [-0.4, -0.2) is 137 Å². The van der Waals surface area contributed by atoms with E-state index >= 15 is 0 Å². The third-order valence-corrected chi connectivity index (χ3v) is 18.3. The summed E-state index contributed by atoms with van der Waals surface area (Å²) in [5, 5.41) is 35.8. The van der Waals surface area contributed by atoms with E-state index in [4.69, 9.17) is 9.84 Å². The van der Waals surface area contributed by atoms with Crippen LogP contribution >= 0.6 is 0 Å². The number of aliphatic carboxylic acids is 3. The molecule has 3 aliphatic rings. The number of rotatable bonds is 38. The quantitative estimate of drug-likeness (QED) is 0.0150. The first kappa shape index (κ1) is 72.3. The summed E-state index contributed by atoms with van der Waals surface area (Å²) in [6.45, 7) is 9.84. The molecule has 8 N–H and O–H groups in total. The zero-order valence-corrected chi connectivity index (χ0v) is 54.0. The Bertz CT molecular complexity index is 3530. The molecule has 0 radical (unpaired) electrons. The average Bonchev–Trinajstić information content (AvgIpc) is 1.62. The second kappa shape index (κ2) is 33.5. The van der Waals surface area contributed by atoms with Crippen LogP contribution in [0.15, 0.2) is 120 Å². The summed E-state index contributed by atoms with van der Waals surface area (Å²) in [7, 11) is -8.25. The minimum Gasteiger partial charge on any atom is -0.481 e. The zero-order chi connectivity index (χ0) is 66.5. The largest absolute Gasteiger partial charge is 0.481 e. The number of carboxylic acids is 3. The molecule has 91 heavy (non-hydrogen) atoms. The van der Waals surface area contributed by atoms with Crippen LogP contribution in [0.3, 0.4) is 0 Å². The normalized spacial score (nSPS) is 16.8. The fourth-order valence-corrected chi connectivity index (χ4v) is 13.0. The Morgan fingerprint density at radius 3 is 1.98 bits per heavy atom. The number of fused-ring (bicyclic) bond motifs is 2. The number of amides is 3. The predicted octanol–water partition coefficient (Wildman–Crippen LogP) is 9.71. The molecule has 494 valence electrons. The summed E-state index contributed by atoms with van der Waals surface area (Å²) in [5.41, 5.74) is 7.89. The van der Waals surface area contributed by atoms with Gasteiger partial charge < -0.3 is 40.9 Å². The number of carbonyl (C=O) groups excluding carboxylic acids is 4. The van der Waals surface area contributed by atoms with Gasteiger partial charge in [-0.3, -0.25) is 33.1 Å². The number of benzene rings is 3. The number of allylic oxidation sites excluding steroid dienone is 7. The summed E-state index contributed by atoms with van der Waals surface area (Å²) in [6, 6.07) is 21.2. The van der Waals surface area contributed by atoms with E-state index in [2.05, 4.69) is 102 Å². The van der Waals surface area contributed by atoms with Crippen LogP contribution < -0.4 is 25.6 Å². The van der Waals surface area contributed by atoms with E-state index < -0.39 is 67.0 Å². The van der Waals surface area contributed by atoms with Gasteiger partial charge >= 0.3 is 23.9 Å². The van der Waals surface area contributed by atoms with Crippen molar-refractivity contribution in [1.29, 1.82) is 0 Å². The number of para-hydroxylation sites is 2. The summed E-state index contributed by atoms with van der Waals surface area (Å²) >= 11 is 0. The Labute approximate surface area is 533 Å². The summed E-state index contributed by atoms with van der Waals surface area (Å²) in [5.74, 6) is -4.85. The van der Waals surface area contributed by atoms with Crippen molar-refractivity contribution in [2.45, 2.75) is 167 Å². The van der Waals surface area contributed by atoms with Gasteiger partial charge in [0.25, 0.3) is 20.2 Å². The highest BCUT2D eigenvalue weighted by atomic mass is 32.2. The van der Waals surface area contributed by atoms with Crippen LogP contribution in [0.5, 0.6) is 5.75 Å². The third-order valence-electron chi connectivity index (χ3n) is 16.7. The molecular weight excluding hydrogens is 1210 g/mol. The van der Waals surface area contributed by atoms with Crippen LogP contribution in [-0.2, 0) is 66.3 Å². The van der Waals surface area contributed by atoms with Gasteiger partial charge in [-0.25, -0.2) is 9.59 Å². The minimum atomic E-state index is -4.13. The Balaban J connectivity index is 1.11. The van der Waals surface area contributed by atoms with Crippen molar-refractivity contribution in [2.24, 2.45) is 5.92 Å². The number of ketones is 2. The lowest BCUT2D eigenvalue weighted by atomic mass is 9.81. The van der Waals surface area contributed by atoms with Crippen molar-refractivity contribution >= 4 is 78.7 Å². The molecule has 0 bridgehead atoms. The molecule has 0 fully saturated rings. The molecule has 3 aromatic rings. The Morgan fingerprint density at radius 2 is 1.30 bits per heavy atom. The summed E-state index contributed by atoms with van der Waals surface area (Å²) in [4.78, 5) is 87.2. The highest BCUT2D eigenvalue weighted by Crippen LogP contribution is 2.48. The van der Waals surface area contributed by atoms with Crippen LogP contribution in [0, 0.1) is 5.92 Å². The van der Waals surface area contributed by atoms with Gasteiger partial charge in [-0.15, -0.1) is 0 Å². The lowest BCUT2D eigenvalue weighted by Gasteiger charge is -2.27. The van der Waals surface area contributed by atoms with Gasteiger partial charge in [-0.1, -0.05) is 68.5 Å². The van der Waals surface area contributed by atoms with Crippen molar-refractivity contribution in [3.63, 3.8) is 0 Å². The van der Waals surface area contributed by atoms with Crippen molar-refractivity contribution in [3.05, 3.63) is 136 Å². The van der Waals surface area contributed by atoms with Crippen LogP contribution in [0.2, 0.25) is 0 Å². The SMILES string of the molecule is CC1(C)C(=CC=C2CCCC(C=CC3=[N+](CCCCS(=O)(=O)O)c4ccccc4C3(C)C)=C2Oc2ccc(C[C@H](CC(=O)CCCNC(=O)CCCCC(=O)CC[C@H](NC(=O)NCCCC(=O)O)C(=O)O)C(=O)O)cc2)N(CCCCS(=O)(=O)O)c2ccccc21. The van der Waals surface area contributed by atoms with Gasteiger partial charge in [-0.05, 0) is 144 Å². The molecule has 0 aromatic heterocycles. The average molecular weight is 1300 g/mol. The summed E-state index contributed by atoms with van der Waals surface area (Å²) in [6.07, 6.45) is 13.0. The molecule has 22 nitrogen and oxygen atoms in total. The van der Waals surface area contributed by atoms with Gasteiger partial charge in [0.2, 0.25) is 11.6 Å². The molecule has 2 aliphatic heterocycles. The van der Waals surface area contributed by atoms with E-state index in [-0.39, 0.29) is 119 Å². The second-order valence-electron chi connectivity index (χ2n) is 24.5. The smallest absolute Gasteiger partial charge is 0.326 e. The molecule has 2 atom stereocenters. The summed E-state index contributed by atoms with van der Waals surface area (Å²) < 4.78 is 74.6. The fourth-order valence-electron chi connectivity index (χ4n) is 11.9. The van der Waals surface area contributed by atoms with Crippen molar-refractivity contribution in [1.82, 2.24) is 16.0 Å². The Morgan fingerprint density at radius 1 is 0.659 bits per heavy atom.